The van der Waals surface area contributed by atoms with E-state index in [0.29, 0.717) is 15.6 Å². The average Bonchev–Trinajstić information content (AvgIpc) is 2.78. The van der Waals surface area contributed by atoms with E-state index in [0.717, 1.165) is 10.5 Å². The Kier molecular flexibility index (Phi) is 7.38. The van der Waals surface area contributed by atoms with Crippen LogP contribution in [0.1, 0.15) is 16.7 Å². The SMILES string of the molecule is Cc1ccc(Cl)cc1N1C(=O)NC(=O)/C(=C\c2cc(Cl)cc(Cl)c2OCc2cccc(Cl)c2)C1=O. The van der Waals surface area contributed by atoms with Gasteiger partial charge in [0.15, 0.2) is 0 Å². The van der Waals surface area contributed by atoms with Crippen molar-refractivity contribution in [3.63, 3.8) is 0 Å². The number of amides is 4. The number of carbonyl (C=O) groups is 3. The molecule has 4 amide bonds. The number of benzene rings is 3. The highest BCUT2D eigenvalue weighted by atomic mass is 35.5. The number of nitrogens with one attached hydrogen (secondary N) is 1. The van der Waals surface area contributed by atoms with Gasteiger partial charge in [0.05, 0.1) is 10.7 Å². The van der Waals surface area contributed by atoms with Gasteiger partial charge in [-0.05, 0) is 60.5 Å². The van der Waals surface area contributed by atoms with Crippen LogP contribution in [0.5, 0.6) is 5.75 Å². The Labute approximate surface area is 221 Å². The fourth-order valence-electron chi connectivity index (χ4n) is 3.48. The summed E-state index contributed by atoms with van der Waals surface area (Å²) < 4.78 is 5.91. The number of anilines is 1. The van der Waals surface area contributed by atoms with Crippen molar-refractivity contribution in [2.45, 2.75) is 13.5 Å². The minimum Gasteiger partial charge on any atom is -0.487 e. The minimum absolute atomic E-state index is 0.116. The number of hydrogen-bond acceptors (Lipinski definition) is 4. The second-order valence-corrected chi connectivity index (χ2v) is 9.33. The molecule has 0 aliphatic carbocycles. The molecular weight excluding hydrogens is 534 g/mol. The Balaban J connectivity index is 1.74. The van der Waals surface area contributed by atoms with Crippen LogP contribution in [0.15, 0.2) is 60.2 Å². The van der Waals surface area contributed by atoms with Gasteiger partial charge in [-0.3, -0.25) is 14.9 Å². The first kappa shape index (κ1) is 25.1. The molecule has 1 aliphatic rings. The van der Waals surface area contributed by atoms with Crippen LogP contribution in [0, 0.1) is 6.92 Å². The first-order valence-corrected chi connectivity index (χ1v) is 11.7. The molecule has 1 aliphatic heterocycles. The molecule has 0 radical (unpaired) electrons. The van der Waals surface area contributed by atoms with Crippen molar-refractivity contribution < 1.29 is 19.1 Å². The van der Waals surface area contributed by atoms with Crippen LogP contribution >= 0.6 is 46.4 Å². The van der Waals surface area contributed by atoms with Crippen LogP contribution in [0.2, 0.25) is 20.1 Å². The number of rotatable bonds is 5. The fourth-order valence-corrected chi connectivity index (χ4v) is 4.42. The highest BCUT2D eigenvalue weighted by Gasteiger charge is 2.37. The van der Waals surface area contributed by atoms with E-state index in [4.69, 9.17) is 51.1 Å². The van der Waals surface area contributed by atoms with Gasteiger partial charge in [-0.15, -0.1) is 0 Å². The molecule has 0 aromatic heterocycles. The first-order chi connectivity index (χ1) is 16.6. The number of aryl methyl sites for hydroxylation is 1. The fraction of sp³-hybridized carbons (Fsp3) is 0.0800. The molecule has 3 aromatic rings. The molecule has 0 saturated carbocycles. The maximum absolute atomic E-state index is 13.3. The number of halogens is 4. The van der Waals surface area contributed by atoms with Crippen molar-refractivity contribution in [2.75, 3.05) is 4.90 Å². The molecule has 178 valence electrons. The molecule has 10 heteroatoms. The third kappa shape index (κ3) is 5.46. The monoisotopic (exact) mass is 548 g/mol. The molecule has 0 bridgehead atoms. The lowest BCUT2D eigenvalue weighted by Crippen LogP contribution is -2.54. The molecule has 1 N–H and O–H groups in total. The average molecular weight is 550 g/mol. The minimum atomic E-state index is -0.885. The summed E-state index contributed by atoms with van der Waals surface area (Å²) in [4.78, 5) is 39.4. The van der Waals surface area contributed by atoms with E-state index >= 15 is 0 Å². The number of barbiturate groups is 1. The predicted octanol–water partition coefficient (Wildman–Crippen LogP) is 6.85. The summed E-state index contributed by atoms with van der Waals surface area (Å²) in [7, 11) is 0. The van der Waals surface area contributed by atoms with Crippen LogP contribution in [0.25, 0.3) is 6.08 Å². The summed E-state index contributed by atoms with van der Waals surface area (Å²) in [6.07, 6.45) is 1.28. The summed E-state index contributed by atoms with van der Waals surface area (Å²) in [5, 5.41) is 3.49. The number of hydrogen-bond donors (Lipinski definition) is 1. The van der Waals surface area contributed by atoms with Gasteiger partial charge in [0.25, 0.3) is 11.8 Å². The molecular formula is C25H16Cl4N2O4. The number of imide groups is 2. The maximum atomic E-state index is 13.3. The summed E-state index contributed by atoms with van der Waals surface area (Å²) in [5.41, 5.74) is 1.61. The Morgan fingerprint density at radius 1 is 0.914 bits per heavy atom. The molecule has 0 unspecified atom stereocenters. The van der Waals surface area contributed by atoms with Gasteiger partial charge < -0.3 is 4.74 Å². The Morgan fingerprint density at radius 2 is 1.66 bits per heavy atom. The largest absolute Gasteiger partial charge is 0.487 e. The van der Waals surface area contributed by atoms with Crippen LogP contribution in [-0.4, -0.2) is 17.8 Å². The number of carbonyl (C=O) groups excluding carboxylic acids is 3. The lowest BCUT2D eigenvalue weighted by molar-refractivity contribution is -0.122. The second-order valence-electron chi connectivity index (χ2n) is 7.61. The lowest BCUT2D eigenvalue weighted by Gasteiger charge is -2.27. The molecule has 1 heterocycles. The van der Waals surface area contributed by atoms with Gasteiger partial charge in [0.1, 0.15) is 17.9 Å². The molecule has 6 nitrogen and oxygen atoms in total. The third-order valence-corrected chi connectivity index (χ3v) is 6.09. The zero-order valence-corrected chi connectivity index (χ0v) is 21.1. The van der Waals surface area contributed by atoms with Crippen LogP contribution < -0.4 is 15.0 Å². The quantitative estimate of drug-likeness (QED) is 0.279. The van der Waals surface area contributed by atoms with Crippen molar-refractivity contribution in [1.82, 2.24) is 5.32 Å². The standard InChI is InChI=1S/C25H16Cl4N2O4/c1-13-5-6-17(27)11-21(13)31-24(33)19(23(32)30-25(31)34)9-15-8-18(28)10-20(29)22(15)35-12-14-3-2-4-16(26)7-14/h2-11H,12H2,1H3,(H,30,32,34)/b19-9+. The van der Waals surface area contributed by atoms with E-state index in [2.05, 4.69) is 5.32 Å². The molecule has 1 fully saturated rings. The number of nitrogens with zero attached hydrogens (tertiary/aromatic N) is 1. The van der Waals surface area contributed by atoms with E-state index in [1.807, 2.05) is 6.07 Å². The van der Waals surface area contributed by atoms with Gasteiger partial charge in [-0.25, -0.2) is 9.69 Å². The second kappa shape index (κ2) is 10.3. The van der Waals surface area contributed by atoms with Crippen molar-refractivity contribution in [1.29, 1.82) is 0 Å². The highest BCUT2D eigenvalue weighted by molar-refractivity contribution is 6.40. The zero-order chi connectivity index (χ0) is 25.3. The van der Waals surface area contributed by atoms with Crippen molar-refractivity contribution in [3.8, 4) is 5.75 Å². The Morgan fingerprint density at radius 3 is 2.40 bits per heavy atom. The predicted molar refractivity (Wildman–Crippen MR) is 137 cm³/mol. The molecule has 3 aromatic carbocycles. The van der Waals surface area contributed by atoms with Gasteiger partial charge in [0, 0.05) is 20.6 Å². The Bertz CT molecular complexity index is 1400. The number of ether oxygens (including phenoxy) is 1. The zero-order valence-electron chi connectivity index (χ0n) is 18.1. The van der Waals surface area contributed by atoms with Gasteiger partial charge in [0.2, 0.25) is 0 Å². The van der Waals surface area contributed by atoms with E-state index in [1.54, 1.807) is 37.3 Å². The van der Waals surface area contributed by atoms with Crippen molar-refractivity contribution in [3.05, 3.63) is 97.0 Å². The van der Waals surface area contributed by atoms with Crippen LogP contribution in [0.3, 0.4) is 0 Å². The molecule has 4 rings (SSSR count). The van der Waals surface area contributed by atoms with Gasteiger partial charge in [-0.2, -0.15) is 0 Å². The number of urea groups is 1. The van der Waals surface area contributed by atoms with Gasteiger partial charge >= 0.3 is 6.03 Å². The van der Waals surface area contributed by atoms with E-state index in [9.17, 15) is 14.4 Å². The van der Waals surface area contributed by atoms with Crippen LogP contribution in [-0.2, 0) is 16.2 Å². The summed E-state index contributed by atoms with van der Waals surface area (Å²) in [6, 6.07) is 13.9. The molecule has 1 saturated heterocycles. The lowest BCUT2D eigenvalue weighted by atomic mass is 10.0. The van der Waals surface area contributed by atoms with Crippen LogP contribution in [0.4, 0.5) is 10.5 Å². The van der Waals surface area contributed by atoms with Crippen molar-refractivity contribution >= 4 is 76.0 Å². The normalized spacial score (nSPS) is 14.9. The highest BCUT2D eigenvalue weighted by Crippen LogP contribution is 2.36. The van der Waals surface area contributed by atoms with E-state index in [1.165, 1.54) is 24.3 Å². The smallest absolute Gasteiger partial charge is 0.335 e. The van der Waals surface area contributed by atoms with Crippen molar-refractivity contribution in [2.24, 2.45) is 0 Å². The third-order valence-electron chi connectivity index (χ3n) is 5.12. The van der Waals surface area contributed by atoms with E-state index < -0.39 is 17.8 Å². The summed E-state index contributed by atoms with van der Waals surface area (Å²) in [5.74, 6) is -1.50. The Hall–Kier alpha value is -3.03. The summed E-state index contributed by atoms with van der Waals surface area (Å²) >= 11 is 24.7. The summed E-state index contributed by atoms with van der Waals surface area (Å²) in [6.45, 7) is 1.83. The van der Waals surface area contributed by atoms with Gasteiger partial charge in [-0.1, -0.05) is 64.6 Å². The molecule has 0 atom stereocenters. The first-order valence-electron chi connectivity index (χ1n) is 10.2. The molecule has 35 heavy (non-hydrogen) atoms. The topological polar surface area (TPSA) is 75.7 Å². The molecule has 0 spiro atoms. The maximum Gasteiger partial charge on any atom is 0.335 e. The van der Waals surface area contributed by atoms with E-state index in [-0.39, 0.29) is 39.2 Å².